The Balaban J connectivity index is 3.22. The first-order valence-electron chi connectivity index (χ1n) is 6.21. The second kappa shape index (κ2) is 7.97. The lowest BCUT2D eigenvalue weighted by Gasteiger charge is -2.24. The van der Waals surface area contributed by atoms with Crippen LogP contribution in [-0.2, 0) is 14.3 Å². The zero-order valence-corrected chi connectivity index (χ0v) is 11.9. The molecule has 1 amide bonds. The number of nitrogens with zero attached hydrogens (tertiary/aromatic N) is 2. The molecule has 0 fully saturated rings. The molecule has 0 heterocycles. The summed E-state index contributed by atoms with van der Waals surface area (Å²) in [6.07, 6.45) is -2.25. The van der Waals surface area contributed by atoms with Gasteiger partial charge in [0.05, 0.1) is 19.0 Å². The van der Waals surface area contributed by atoms with E-state index in [1.165, 1.54) is 24.3 Å². The van der Waals surface area contributed by atoms with Gasteiger partial charge in [0.2, 0.25) is 0 Å². The lowest BCUT2D eigenvalue weighted by molar-refractivity contribution is -0.170. The third-order valence-electron chi connectivity index (χ3n) is 2.66. The molecule has 0 aliphatic carbocycles. The molecule has 0 saturated heterocycles. The summed E-state index contributed by atoms with van der Waals surface area (Å²) in [7, 11) is 1.11. The Kier molecular flexibility index (Phi) is 6.31. The predicted molar refractivity (Wildman–Crippen MR) is 75.4 cm³/mol. The van der Waals surface area contributed by atoms with Crippen LogP contribution in [0.3, 0.4) is 0 Å². The number of alkyl halides is 3. The van der Waals surface area contributed by atoms with Gasteiger partial charge in [-0.25, -0.2) is 4.79 Å². The van der Waals surface area contributed by atoms with Crippen LogP contribution in [0.15, 0.2) is 41.6 Å². The van der Waals surface area contributed by atoms with Gasteiger partial charge in [-0.1, -0.05) is 29.4 Å². The van der Waals surface area contributed by atoms with Crippen molar-refractivity contribution in [3.05, 3.63) is 42.0 Å². The van der Waals surface area contributed by atoms with Gasteiger partial charge in [-0.3, -0.25) is 4.79 Å². The molecule has 1 aromatic rings. The van der Waals surface area contributed by atoms with Crippen LogP contribution in [0.1, 0.15) is 5.56 Å². The van der Waals surface area contributed by atoms with Crippen molar-refractivity contribution >= 4 is 23.8 Å². The van der Waals surface area contributed by atoms with Gasteiger partial charge >= 0.3 is 18.1 Å². The molecule has 1 N–H and O–H groups in total. The number of esters is 1. The fraction of sp³-hybridized carbons (Fsp3) is 0.214. The van der Waals surface area contributed by atoms with Crippen molar-refractivity contribution in [1.29, 1.82) is 0 Å². The SMILES string of the molecule is COC(=O)/C=C/CN(C(=O)C(F)(F)F)c1ccccc1/C=N/O. The van der Waals surface area contributed by atoms with Gasteiger partial charge in [0.15, 0.2) is 0 Å². The molecule has 6 nitrogen and oxygen atoms in total. The topological polar surface area (TPSA) is 79.2 Å². The molecule has 1 aromatic carbocycles. The molecular formula is C14H13F3N2O4. The van der Waals surface area contributed by atoms with Crippen LogP contribution in [0.2, 0.25) is 0 Å². The number of carbonyl (C=O) groups excluding carboxylic acids is 2. The van der Waals surface area contributed by atoms with Crippen molar-refractivity contribution in [3.63, 3.8) is 0 Å². The highest BCUT2D eigenvalue weighted by atomic mass is 19.4. The molecule has 9 heteroatoms. The molecule has 0 saturated carbocycles. The van der Waals surface area contributed by atoms with Crippen LogP contribution in [0.25, 0.3) is 0 Å². The van der Waals surface area contributed by atoms with Gasteiger partial charge < -0.3 is 14.8 Å². The van der Waals surface area contributed by atoms with Crippen molar-refractivity contribution in [2.24, 2.45) is 5.16 Å². The molecule has 0 bridgehead atoms. The standard InChI is InChI=1S/C14H13F3N2O4/c1-23-12(20)7-4-8-19(13(21)14(15,16)17)11-6-3-2-5-10(11)9-18-22/h2-7,9,22H,8H2,1H3/b7-4+,18-9+. The van der Waals surface area contributed by atoms with E-state index in [4.69, 9.17) is 5.21 Å². The van der Waals surface area contributed by atoms with Crippen LogP contribution in [0.4, 0.5) is 18.9 Å². The third-order valence-corrected chi connectivity index (χ3v) is 2.66. The van der Waals surface area contributed by atoms with Crippen molar-refractivity contribution < 1.29 is 32.7 Å². The normalized spacial score (nSPS) is 11.8. The number of rotatable bonds is 5. The van der Waals surface area contributed by atoms with Crippen LogP contribution >= 0.6 is 0 Å². The predicted octanol–water partition coefficient (Wildman–Crippen LogP) is 2.12. The van der Waals surface area contributed by atoms with Crippen LogP contribution in [-0.4, -0.2) is 43.1 Å². The second-order valence-corrected chi connectivity index (χ2v) is 4.14. The summed E-state index contributed by atoms with van der Waals surface area (Å²) >= 11 is 0. The molecule has 124 valence electrons. The first-order chi connectivity index (χ1) is 10.8. The van der Waals surface area contributed by atoms with Crippen molar-refractivity contribution in [3.8, 4) is 0 Å². The number of benzene rings is 1. The number of anilines is 1. The van der Waals surface area contributed by atoms with Gasteiger partial charge in [-0.2, -0.15) is 13.2 Å². The lowest BCUT2D eigenvalue weighted by atomic mass is 10.1. The summed E-state index contributed by atoms with van der Waals surface area (Å²) in [5.74, 6) is -2.89. The van der Waals surface area contributed by atoms with Crippen LogP contribution < -0.4 is 4.90 Å². The van der Waals surface area contributed by atoms with E-state index >= 15 is 0 Å². The quantitative estimate of drug-likeness (QED) is 0.295. The molecular weight excluding hydrogens is 317 g/mol. The number of ether oxygens (including phenoxy) is 1. The highest BCUT2D eigenvalue weighted by Crippen LogP contribution is 2.26. The van der Waals surface area contributed by atoms with E-state index in [2.05, 4.69) is 9.89 Å². The zero-order valence-electron chi connectivity index (χ0n) is 11.9. The monoisotopic (exact) mass is 330 g/mol. The number of methoxy groups -OCH3 is 1. The smallest absolute Gasteiger partial charge is 0.466 e. The molecule has 0 aliphatic heterocycles. The van der Waals surface area contributed by atoms with E-state index in [9.17, 15) is 22.8 Å². The molecule has 23 heavy (non-hydrogen) atoms. The molecule has 0 radical (unpaired) electrons. The minimum absolute atomic E-state index is 0.0964. The largest absolute Gasteiger partial charge is 0.471 e. The minimum Gasteiger partial charge on any atom is -0.466 e. The fourth-order valence-electron chi connectivity index (χ4n) is 1.67. The second-order valence-electron chi connectivity index (χ2n) is 4.14. The molecule has 0 unspecified atom stereocenters. The van der Waals surface area contributed by atoms with E-state index in [1.54, 1.807) is 0 Å². The molecule has 0 aliphatic rings. The van der Waals surface area contributed by atoms with Crippen LogP contribution in [0.5, 0.6) is 0 Å². The fourth-order valence-corrected chi connectivity index (χ4v) is 1.67. The van der Waals surface area contributed by atoms with E-state index in [0.29, 0.717) is 4.90 Å². The Morgan fingerprint density at radius 2 is 2.00 bits per heavy atom. The maximum atomic E-state index is 12.8. The molecule has 0 aromatic heterocycles. The van der Waals surface area contributed by atoms with E-state index in [1.807, 2.05) is 0 Å². The van der Waals surface area contributed by atoms with E-state index in [0.717, 1.165) is 25.5 Å². The van der Waals surface area contributed by atoms with Crippen molar-refractivity contribution in [1.82, 2.24) is 0 Å². The van der Waals surface area contributed by atoms with E-state index in [-0.39, 0.29) is 11.3 Å². The summed E-state index contributed by atoms with van der Waals surface area (Å²) in [6, 6.07) is 5.55. The summed E-state index contributed by atoms with van der Waals surface area (Å²) in [5.41, 5.74) is -0.0267. The third kappa shape index (κ3) is 5.13. The summed E-state index contributed by atoms with van der Waals surface area (Å²) < 4.78 is 42.6. The molecule has 0 spiro atoms. The molecule has 0 atom stereocenters. The van der Waals surface area contributed by atoms with Gasteiger partial charge in [-0.15, -0.1) is 0 Å². The Labute approximate surface area is 129 Å². The highest BCUT2D eigenvalue weighted by Gasteiger charge is 2.43. The van der Waals surface area contributed by atoms with Crippen molar-refractivity contribution in [2.75, 3.05) is 18.6 Å². The van der Waals surface area contributed by atoms with E-state index < -0.39 is 24.6 Å². The lowest BCUT2D eigenvalue weighted by Crippen LogP contribution is -2.42. The number of hydrogen-bond donors (Lipinski definition) is 1. The maximum absolute atomic E-state index is 12.8. The van der Waals surface area contributed by atoms with Gasteiger partial charge in [0.25, 0.3) is 0 Å². The van der Waals surface area contributed by atoms with Gasteiger partial charge in [0, 0.05) is 18.2 Å². The zero-order chi connectivity index (χ0) is 17.5. The highest BCUT2D eigenvalue weighted by molar-refractivity contribution is 6.02. The Morgan fingerprint density at radius 3 is 2.57 bits per heavy atom. The summed E-state index contributed by atoms with van der Waals surface area (Å²) in [4.78, 5) is 23.0. The van der Waals surface area contributed by atoms with Gasteiger partial charge in [0.1, 0.15) is 0 Å². The number of para-hydroxylation sites is 1. The van der Waals surface area contributed by atoms with Gasteiger partial charge in [-0.05, 0) is 6.07 Å². The first-order valence-corrected chi connectivity index (χ1v) is 6.21. The Hall–Kier alpha value is -2.84. The number of hydrogen-bond acceptors (Lipinski definition) is 5. The average molecular weight is 330 g/mol. The maximum Gasteiger partial charge on any atom is 0.471 e. The first kappa shape index (κ1) is 18.2. The average Bonchev–Trinajstić information content (AvgIpc) is 2.51. The summed E-state index contributed by atoms with van der Waals surface area (Å²) in [5, 5.41) is 11.3. The number of amides is 1. The Morgan fingerprint density at radius 1 is 1.35 bits per heavy atom. The minimum atomic E-state index is -5.11. The number of halogens is 3. The number of oxime groups is 1. The summed E-state index contributed by atoms with van der Waals surface area (Å²) in [6.45, 7) is -0.524. The van der Waals surface area contributed by atoms with Crippen molar-refractivity contribution in [2.45, 2.75) is 6.18 Å². The number of carbonyl (C=O) groups is 2. The van der Waals surface area contributed by atoms with Crippen LogP contribution in [0, 0.1) is 0 Å². The molecule has 1 rings (SSSR count). The Bertz CT molecular complexity index is 627.